The molecule has 0 amide bonds. The Labute approximate surface area is 111 Å². The summed E-state index contributed by atoms with van der Waals surface area (Å²) in [5.74, 6) is 1.22. The first-order chi connectivity index (χ1) is 8.25. The third-order valence-electron chi connectivity index (χ3n) is 2.90. The largest absolute Gasteiger partial charge is 0.392 e. The van der Waals surface area contributed by atoms with E-state index in [4.69, 9.17) is 16.3 Å². The van der Waals surface area contributed by atoms with Crippen LogP contribution in [0.2, 0.25) is 5.02 Å². The highest BCUT2D eigenvalue weighted by Gasteiger charge is 2.19. The van der Waals surface area contributed by atoms with Crippen LogP contribution < -0.4 is 0 Å². The Morgan fingerprint density at radius 3 is 3.00 bits per heavy atom. The van der Waals surface area contributed by atoms with Crippen molar-refractivity contribution < 1.29 is 9.84 Å². The monoisotopic (exact) mass is 272 g/mol. The quantitative estimate of drug-likeness (QED) is 0.835. The van der Waals surface area contributed by atoms with Crippen LogP contribution in [0, 0.1) is 5.92 Å². The number of thioether (sulfide) groups is 1. The summed E-state index contributed by atoms with van der Waals surface area (Å²) in [6.45, 7) is 1.64. The van der Waals surface area contributed by atoms with Gasteiger partial charge in [-0.15, -0.1) is 11.8 Å². The fourth-order valence-electron chi connectivity index (χ4n) is 1.97. The molecule has 0 aliphatic carbocycles. The Morgan fingerprint density at radius 1 is 1.47 bits per heavy atom. The fourth-order valence-corrected chi connectivity index (χ4v) is 3.16. The summed E-state index contributed by atoms with van der Waals surface area (Å²) in [7, 11) is 0. The van der Waals surface area contributed by atoms with Gasteiger partial charge >= 0.3 is 0 Å². The highest BCUT2D eigenvalue weighted by Crippen LogP contribution is 2.28. The van der Waals surface area contributed by atoms with Gasteiger partial charge in [0, 0.05) is 23.9 Å². The first kappa shape index (κ1) is 13.2. The lowest BCUT2D eigenvalue weighted by Crippen LogP contribution is -2.16. The number of rotatable bonds is 5. The van der Waals surface area contributed by atoms with Crippen LogP contribution >= 0.6 is 23.4 Å². The SMILES string of the molecule is OC(CSc1ccccc1Cl)CC1CCOC1. The van der Waals surface area contributed by atoms with Crippen LogP contribution in [0.3, 0.4) is 0 Å². The van der Waals surface area contributed by atoms with E-state index < -0.39 is 0 Å². The Morgan fingerprint density at radius 2 is 2.29 bits per heavy atom. The Balaban J connectivity index is 1.75. The molecule has 1 aromatic carbocycles. The van der Waals surface area contributed by atoms with Crippen LogP contribution in [0.25, 0.3) is 0 Å². The number of halogens is 1. The van der Waals surface area contributed by atoms with Gasteiger partial charge in [-0.25, -0.2) is 0 Å². The van der Waals surface area contributed by atoms with Crippen LogP contribution in [0.15, 0.2) is 29.2 Å². The molecule has 2 nitrogen and oxygen atoms in total. The van der Waals surface area contributed by atoms with Crippen molar-refractivity contribution in [2.24, 2.45) is 5.92 Å². The Hall–Kier alpha value is -0.220. The molecule has 1 aromatic rings. The number of benzene rings is 1. The zero-order chi connectivity index (χ0) is 12.1. The normalized spacial score (nSPS) is 21.6. The molecule has 1 heterocycles. The van der Waals surface area contributed by atoms with Gasteiger partial charge in [0.2, 0.25) is 0 Å². The second-order valence-corrected chi connectivity index (χ2v) is 5.83. The molecule has 2 atom stereocenters. The molecule has 2 rings (SSSR count). The van der Waals surface area contributed by atoms with Gasteiger partial charge in [-0.1, -0.05) is 23.7 Å². The van der Waals surface area contributed by atoms with Crippen LogP contribution in [0.1, 0.15) is 12.8 Å². The summed E-state index contributed by atoms with van der Waals surface area (Å²) < 4.78 is 5.30. The topological polar surface area (TPSA) is 29.5 Å². The van der Waals surface area contributed by atoms with Gasteiger partial charge in [0.25, 0.3) is 0 Å². The molecule has 1 saturated heterocycles. The lowest BCUT2D eigenvalue weighted by atomic mass is 10.0. The molecule has 0 spiro atoms. The molecule has 4 heteroatoms. The predicted molar refractivity (Wildman–Crippen MR) is 71.7 cm³/mol. The van der Waals surface area contributed by atoms with Gasteiger partial charge in [0.1, 0.15) is 0 Å². The van der Waals surface area contributed by atoms with Crippen LogP contribution in [0.5, 0.6) is 0 Å². The van der Waals surface area contributed by atoms with Crippen molar-refractivity contribution in [2.45, 2.75) is 23.8 Å². The minimum Gasteiger partial charge on any atom is -0.392 e. The summed E-state index contributed by atoms with van der Waals surface area (Å²) in [6.07, 6.45) is 1.63. The summed E-state index contributed by atoms with van der Waals surface area (Å²) in [5.41, 5.74) is 0. The van der Waals surface area contributed by atoms with E-state index in [2.05, 4.69) is 0 Å². The van der Waals surface area contributed by atoms with E-state index in [1.54, 1.807) is 11.8 Å². The highest BCUT2D eigenvalue weighted by molar-refractivity contribution is 7.99. The van der Waals surface area contributed by atoms with Crippen LogP contribution in [-0.4, -0.2) is 30.2 Å². The molecule has 2 unspecified atom stereocenters. The van der Waals surface area contributed by atoms with E-state index in [-0.39, 0.29) is 6.10 Å². The molecule has 1 aliphatic rings. The zero-order valence-electron chi connectivity index (χ0n) is 9.64. The molecule has 0 aromatic heterocycles. The Kier molecular flexibility index (Phi) is 5.16. The van der Waals surface area contributed by atoms with Crippen molar-refractivity contribution in [1.82, 2.24) is 0 Å². The average molecular weight is 273 g/mol. The molecule has 1 fully saturated rings. The predicted octanol–water partition coefficient (Wildman–Crippen LogP) is 3.22. The third kappa shape index (κ3) is 4.18. The maximum Gasteiger partial charge on any atom is 0.0637 e. The van der Waals surface area contributed by atoms with Gasteiger partial charge in [0.05, 0.1) is 11.1 Å². The van der Waals surface area contributed by atoms with Crippen molar-refractivity contribution >= 4 is 23.4 Å². The summed E-state index contributed by atoms with van der Waals surface area (Å²) >= 11 is 7.67. The first-order valence-electron chi connectivity index (χ1n) is 5.89. The molecular formula is C13H17ClO2S. The lowest BCUT2D eigenvalue weighted by molar-refractivity contribution is 0.144. The standard InChI is InChI=1S/C13H17ClO2S/c14-12-3-1-2-4-13(12)17-9-11(15)7-10-5-6-16-8-10/h1-4,10-11,15H,5-9H2. The molecule has 94 valence electrons. The Bertz CT molecular complexity index is 353. The van der Waals surface area contributed by atoms with Gasteiger partial charge < -0.3 is 9.84 Å². The molecule has 17 heavy (non-hydrogen) atoms. The molecule has 0 radical (unpaired) electrons. The molecule has 0 bridgehead atoms. The van der Waals surface area contributed by atoms with E-state index in [9.17, 15) is 5.11 Å². The number of aliphatic hydroxyl groups excluding tert-OH is 1. The molecule has 0 saturated carbocycles. The first-order valence-corrected chi connectivity index (χ1v) is 7.25. The van der Waals surface area contributed by atoms with E-state index in [0.29, 0.717) is 11.7 Å². The molecule has 1 N–H and O–H groups in total. The van der Waals surface area contributed by atoms with E-state index >= 15 is 0 Å². The molecular weight excluding hydrogens is 256 g/mol. The third-order valence-corrected chi connectivity index (χ3v) is 4.56. The zero-order valence-corrected chi connectivity index (χ0v) is 11.2. The lowest BCUT2D eigenvalue weighted by Gasteiger charge is -2.14. The van der Waals surface area contributed by atoms with Crippen molar-refractivity contribution in [3.8, 4) is 0 Å². The number of hydrogen-bond donors (Lipinski definition) is 1. The van der Waals surface area contributed by atoms with Gasteiger partial charge in [0.15, 0.2) is 0 Å². The smallest absolute Gasteiger partial charge is 0.0637 e. The van der Waals surface area contributed by atoms with E-state index in [0.717, 1.165) is 36.0 Å². The summed E-state index contributed by atoms with van der Waals surface area (Å²) in [5, 5.41) is 10.7. The number of hydrogen-bond acceptors (Lipinski definition) is 3. The summed E-state index contributed by atoms with van der Waals surface area (Å²) in [6, 6.07) is 7.74. The van der Waals surface area contributed by atoms with Gasteiger partial charge in [-0.2, -0.15) is 0 Å². The highest BCUT2D eigenvalue weighted by atomic mass is 35.5. The van der Waals surface area contributed by atoms with E-state index in [1.807, 2.05) is 24.3 Å². The van der Waals surface area contributed by atoms with Crippen molar-refractivity contribution in [1.29, 1.82) is 0 Å². The van der Waals surface area contributed by atoms with Crippen molar-refractivity contribution in [3.05, 3.63) is 29.3 Å². The van der Waals surface area contributed by atoms with Crippen LogP contribution in [-0.2, 0) is 4.74 Å². The number of ether oxygens (including phenoxy) is 1. The minimum atomic E-state index is -0.275. The van der Waals surface area contributed by atoms with Crippen LogP contribution in [0.4, 0.5) is 0 Å². The average Bonchev–Trinajstić information content (AvgIpc) is 2.81. The maximum atomic E-state index is 9.94. The van der Waals surface area contributed by atoms with Crippen molar-refractivity contribution in [3.63, 3.8) is 0 Å². The fraction of sp³-hybridized carbons (Fsp3) is 0.538. The van der Waals surface area contributed by atoms with Gasteiger partial charge in [-0.05, 0) is 30.9 Å². The second-order valence-electron chi connectivity index (χ2n) is 4.36. The van der Waals surface area contributed by atoms with E-state index in [1.165, 1.54) is 0 Å². The van der Waals surface area contributed by atoms with Gasteiger partial charge in [-0.3, -0.25) is 0 Å². The molecule has 1 aliphatic heterocycles. The number of aliphatic hydroxyl groups is 1. The second kappa shape index (κ2) is 6.64. The summed E-state index contributed by atoms with van der Waals surface area (Å²) in [4.78, 5) is 1.04. The minimum absolute atomic E-state index is 0.275. The maximum absolute atomic E-state index is 9.94. The van der Waals surface area contributed by atoms with Crippen molar-refractivity contribution in [2.75, 3.05) is 19.0 Å².